The van der Waals surface area contributed by atoms with E-state index in [-0.39, 0.29) is 0 Å². The molecule has 106 valence electrons. The number of hydrogen-bond acceptors (Lipinski definition) is 3. The summed E-state index contributed by atoms with van der Waals surface area (Å²) >= 11 is 0. The Morgan fingerprint density at radius 1 is 0.700 bits per heavy atom. The topological polar surface area (TPSA) is 21.7 Å². The van der Waals surface area contributed by atoms with Gasteiger partial charge in [0.15, 0.2) is 0 Å². The van der Waals surface area contributed by atoms with Crippen LogP contribution in [-0.2, 0) is 13.1 Å². The van der Waals surface area contributed by atoms with Crippen LogP contribution >= 0.6 is 0 Å². The highest BCUT2D eigenvalue weighted by atomic mass is 16.5. The van der Waals surface area contributed by atoms with Gasteiger partial charge in [-0.05, 0) is 42.4 Å². The van der Waals surface area contributed by atoms with Crippen LogP contribution in [0, 0.1) is 0 Å². The zero-order chi connectivity index (χ0) is 14.4. The van der Waals surface area contributed by atoms with Crippen LogP contribution in [0.15, 0.2) is 48.5 Å². The van der Waals surface area contributed by atoms with Crippen molar-refractivity contribution in [3.8, 4) is 11.5 Å². The summed E-state index contributed by atoms with van der Waals surface area (Å²) in [5.74, 6) is 1.79. The Bertz CT molecular complexity index is 470. The lowest BCUT2D eigenvalue weighted by Crippen LogP contribution is -2.17. The SMILES string of the molecule is COc1ccc(CN(C)Cc2ccc(OC)cc2)cc1. The molecule has 0 saturated heterocycles. The average Bonchev–Trinajstić information content (AvgIpc) is 2.49. The predicted octanol–water partition coefficient (Wildman–Crippen LogP) is 3.34. The number of ether oxygens (including phenoxy) is 2. The third-order valence-corrected chi connectivity index (χ3v) is 3.22. The predicted molar refractivity (Wildman–Crippen MR) is 81.2 cm³/mol. The van der Waals surface area contributed by atoms with Gasteiger partial charge in [0, 0.05) is 13.1 Å². The van der Waals surface area contributed by atoms with Crippen molar-refractivity contribution in [2.45, 2.75) is 13.1 Å². The normalized spacial score (nSPS) is 10.6. The lowest BCUT2D eigenvalue weighted by molar-refractivity contribution is 0.318. The second kappa shape index (κ2) is 6.96. The number of rotatable bonds is 6. The summed E-state index contributed by atoms with van der Waals surface area (Å²) in [5, 5.41) is 0. The number of hydrogen-bond donors (Lipinski definition) is 0. The minimum atomic E-state index is 0.895. The summed E-state index contributed by atoms with van der Waals surface area (Å²) in [5.41, 5.74) is 2.56. The Balaban J connectivity index is 1.91. The Hall–Kier alpha value is -2.00. The summed E-state index contributed by atoms with van der Waals surface area (Å²) in [4.78, 5) is 2.28. The maximum absolute atomic E-state index is 5.17. The van der Waals surface area contributed by atoms with Crippen LogP contribution in [0.4, 0.5) is 0 Å². The van der Waals surface area contributed by atoms with Gasteiger partial charge in [0.05, 0.1) is 14.2 Å². The third kappa shape index (κ3) is 4.00. The van der Waals surface area contributed by atoms with E-state index in [1.54, 1.807) is 14.2 Å². The molecule has 0 aliphatic rings. The maximum Gasteiger partial charge on any atom is 0.118 e. The van der Waals surface area contributed by atoms with Crippen LogP contribution in [0.25, 0.3) is 0 Å². The molecule has 0 bridgehead atoms. The Labute approximate surface area is 120 Å². The molecular weight excluding hydrogens is 250 g/mol. The summed E-state index contributed by atoms with van der Waals surface area (Å²) in [7, 11) is 5.49. The van der Waals surface area contributed by atoms with Gasteiger partial charge in [-0.25, -0.2) is 0 Å². The van der Waals surface area contributed by atoms with Gasteiger partial charge in [-0.15, -0.1) is 0 Å². The van der Waals surface area contributed by atoms with E-state index in [9.17, 15) is 0 Å². The quantitative estimate of drug-likeness (QED) is 0.804. The summed E-state index contributed by atoms with van der Waals surface area (Å²) < 4.78 is 10.3. The monoisotopic (exact) mass is 271 g/mol. The molecule has 2 aromatic rings. The molecule has 0 amide bonds. The molecule has 0 saturated carbocycles. The van der Waals surface area contributed by atoms with Crippen LogP contribution in [0.5, 0.6) is 11.5 Å². The fraction of sp³-hybridized carbons (Fsp3) is 0.294. The van der Waals surface area contributed by atoms with E-state index in [1.807, 2.05) is 24.3 Å². The van der Waals surface area contributed by atoms with Gasteiger partial charge < -0.3 is 9.47 Å². The van der Waals surface area contributed by atoms with Crippen LogP contribution in [-0.4, -0.2) is 26.2 Å². The van der Waals surface area contributed by atoms with Gasteiger partial charge >= 0.3 is 0 Å². The molecule has 0 aliphatic carbocycles. The van der Waals surface area contributed by atoms with Crippen molar-refractivity contribution in [2.75, 3.05) is 21.3 Å². The molecule has 0 aliphatic heterocycles. The molecule has 0 atom stereocenters. The first-order valence-corrected chi connectivity index (χ1v) is 6.65. The largest absolute Gasteiger partial charge is 0.497 e. The molecule has 0 unspecified atom stereocenters. The number of methoxy groups -OCH3 is 2. The minimum absolute atomic E-state index is 0.895. The molecule has 0 aromatic heterocycles. The highest BCUT2D eigenvalue weighted by Crippen LogP contribution is 2.15. The summed E-state index contributed by atoms with van der Waals surface area (Å²) in [6, 6.07) is 16.4. The van der Waals surface area contributed by atoms with E-state index in [1.165, 1.54) is 11.1 Å². The smallest absolute Gasteiger partial charge is 0.118 e. The Morgan fingerprint density at radius 3 is 1.35 bits per heavy atom. The molecule has 0 spiro atoms. The van der Waals surface area contributed by atoms with Gasteiger partial charge in [0.25, 0.3) is 0 Å². The fourth-order valence-electron chi connectivity index (χ4n) is 2.14. The zero-order valence-corrected chi connectivity index (χ0v) is 12.3. The first-order chi connectivity index (χ1) is 9.71. The Morgan fingerprint density at radius 2 is 1.05 bits per heavy atom. The van der Waals surface area contributed by atoms with Crippen LogP contribution < -0.4 is 9.47 Å². The molecular formula is C17H21NO2. The van der Waals surface area contributed by atoms with E-state index in [4.69, 9.17) is 9.47 Å². The van der Waals surface area contributed by atoms with Crippen molar-refractivity contribution in [1.82, 2.24) is 4.90 Å². The Kier molecular flexibility index (Phi) is 5.02. The van der Waals surface area contributed by atoms with Gasteiger partial charge in [0.2, 0.25) is 0 Å². The van der Waals surface area contributed by atoms with E-state index in [0.29, 0.717) is 0 Å². The van der Waals surface area contributed by atoms with Crippen LogP contribution in [0.2, 0.25) is 0 Å². The molecule has 0 N–H and O–H groups in total. The van der Waals surface area contributed by atoms with Crippen LogP contribution in [0.1, 0.15) is 11.1 Å². The van der Waals surface area contributed by atoms with Gasteiger partial charge in [0.1, 0.15) is 11.5 Å². The van der Waals surface area contributed by atoms with Gasteiger partial charge in [-0.2, -0.15) is 0 Å². The summed E-state index contributed by atoms with van der Waals surface area (Å²) in [6.07, 6.45) is 0. The molecule has 3 nitrogen and oxygen atoms in total. The first kappa shape index (κ1) is 14.4. The van der Waals surface area contributed by atoms with Crippen molar-refractivity contribution in [1.29, 1.82) is 0 Å². The highest BCUT2D eigenvalue weighted by molar-refractivity contribution is 5.28. The zero-order valence-electron chi connectivity index (χ0n) is 12.3. The first-order valence-electron chi connectivity index (χ1n) is 6.65. The van der Waals surface area contributed by atoms with Crippen molar-refractivity contribution < 1.29 is 9.47 Å². The molecule has 3 heteroatoms. The van der Waals surface area contributed by atoms with E-state index in [0.717, 1.165) is 24.6 Å². The second-order valence-corrected chi connectivity index (χ2v) is 4.87. The van der Waals surface area contributed by atoms with Crippen molar-refractivity contribution in [3.63, 3.8) is 0 Å². The molecule has 2 aromatic carbocycles. The van der Waals surface area contributed by atoms with E-state index in [2.05, 4.69) is 36.2 Å². The lowest BCUT2D eigenvalue weighted by atomic mass is 10.1. The van der Waals surface area contributed by atoms with Gasteiger partial charge in [-0.3, -0.25) is 4.90 Å². The molecule has 0 fully saturated rings. The van der Waals surface area contributed by atoms with Crippen molar-refractivity contribution in [2.24, 2.45) is 0 Å². The average molecular weight is 271 g/mol. The lowest BCUT2D eigenvalue weighted by Gasteiger charge is -2.17. The number of benzene rings is 2. The van der Waals surface area contributed by atoms with E-state index < -0.39 is 0 Å². The standard InChI is InChI=1S/C17H21NO2/c1-18(12-14-4-8-16(19-2)9-5-14)13-15-6-10-17(20-3)11-7-15/h4-11H,12-13H2,1-3H3. The molecule has 20 heavy (non-hydrogen) atoms. The maximum atomic E-state index is 5.17. The second-order valence-electron chi connectivity index (χ2n) is 4.87. The summed E-state index contributed by atoms with van der Waals surface area (Å²) in [6.45, 7) is 1.83. The molecule has 2 rings (SSSR count). The van der Waals surface area contributed by atoms with E-state index >= 15 is 0 Å². The fourth-order valence-corrected chi connectivity index (χ4v) is 2.14. The molecule has 0 heterocycles. The number of nitrogens with zero attached hydrogens (tertiary/aromatic N) is 1. The van der Waals surface area contributed by atoms with Crippen LogP contribution in [0.3, 0.4) is 0 Å². The minimum Gasteiger partial charge on any atom is -0.497 e. The highest BCUT2D eigenvalue weighted by Gasteiger charge is 2.03. The van der Waals surface area contributed by atoms with Gasteiger partial charge in [-0.1, -0.05) is 24.3 Å². The third-order valence-electron chi connectivity index (χ3n) is 3.22. The molecule has 0 radical (unpaired) electrons. The van der Waals surface area contributed by atoms with Crippen molar-refractivity contribution in [3.05, 3.63) is 59.7 Å². The van der Waals surface area contributed by atoms with Crippen molar-refractivity contribution >= 4 is 0 Å².